The van der Waals surface area contributed by atoms with E-state index in [4.69, 9.17) is 5.11 Å². The van der Waals surface area contributed by atoms with Gasteiger partial charge in [0.15, 0.2) is 0 Å². The van der Waals surface area contributed by atoms with Crippen LogP contribution < -0.4 is 0 Å². The van der Waals surface area contributed by atoms with Gasteiger partial charge in [-0.15, -0.1) is 0 Å². The third kappa shape index (κ3) is 20.7. The minimum Gasteiger partial charge on any atom is -0.478 e. The number of rotatable bonds is 16. The summed E-state index contributed by atoms with van der Waals surface area (Å²) in [6, 6.07) is 0. The van der Waals surface area contributed by atoms with Gasteiger partial charge in [-0.05, 0) is 12.8 Å². The summed E-state index contributed by atoms with van der Waals surface area (Å²) in [5.41, 5.74) is 0. The first-order valence-electron chi connectivity index (χ1n) is 9.50. The summed E-state index contributed by atoms with van der Waals surface area (Å²) >= 11 is 0. The lowest BCUT2D eigenvalue weighted by atomic mass is 10.0. The molecule has 132 valence electrons. The van der Waals surface area contributed by atoms with Crippen LogP contribution in [0.1, 0.15) is 90.4 Å². The van der Waals surface area contributed by atoms with Crippen LogP contribution in [0.4, 0.5) is 0 Å². The number of unbranched alkanes of at least 4 members (excludes halogenated alkanes) is 12. The van der Waals surface area contributed by atoms with E-state index in [0.717, 1.165) is 12.5 Å². The molecule has 2 nitrogen and oxygen atoms in total. The maximum absolute atomic E-state index is 10.2. The number of hydrogen-bond acceptors (Lipinski definition) is 1. The fourth-order valence-electron chi connectivity index (χ4n) is 2.54. The van der Waals surface area contributed by atoms with Crippen LogP contribution in [0.5, 0.6) is 0 Å². The van der Waals surface area contributed by atoms with Crippen molar-refractivity contribution in [2.45, 2.75) is 90.4 Å². The zero-order chi connectivity index (χ0) is 17.0. The fraction of sp³-hybridized carbons (Fsp3) is 0.667. The molecule has 0 aliphatic rings. The molecule has 0 aliphatic heterocycles. The molecule has 0 saturated carbocycles. The smallest absolute Gasteiger partial charge is 0.328 e. The third-order valence-corrected chi connectivity index (χ3v) is 3.93. The SMILES string of the molecule is CCCCCCCCCCCCCC/C=C/C=C/C=C/C(=O)O. The lowest BCUT2D eigenvalue weighted by Gasteiger charge is -2.02. The topological polar surface area (TPSA) is 37.3 Å². The average molecular weight is 321 g/mol. The second kappa shape index (κ2) is 18.7. The van der Waals surface area contributed by atoms with E-state index in [1.165, 1.54) is 83.1 Å². The Balaban J connectivity index is 3.20. The van der Waals surface area contributed by atoms with Crippen LogP contribution in [0.15, 0.2) is 36.5 Å². The summed E-state index contributed by atoms with van der Waals surface area (Å²) in [7, 11) is 0. The van der Waals surface area contributed by atoms with Gasteiger partial charge in [-0.25, -0.2) is 4.79 Å². The van der Waals surface area contributed by atoms with Crippen LogP contribution in [-0.4, -0.2) is 11.1 Å². The van der Waals surface area contributed by atoms with E-state index in [1.807, 2.05) is 12.2 Å². The van der Waals surface area contributed by atoms with Crippen molar-refractivity contribution >= 4 is 5.97 Å². The van der Waals surface area contributed by atoms with Gasteiger partial charge in [0.2, 0.25) is 0 Å². The lowest BCUT2D eigenvalue weighted by molar-refractivity contribution is -0.131. The second-order valence-electron chi connectivity index (χ2n) is 6.19. The first-order chi connectivity index (χ1) is 11.3. The summed E-state index contributed by atoms with van der Waals surface area (Å²) in [4.78, 5) is 10.2. The standard InChI is InChI=1S/C21H36O2/c1-2-3-4-5-6-7-8-9-10-11-12-13-14-15-16-17-18-19-20-21(22)23/h15-20H,2-14H2,1H3,(H,22,23)/b16-15+,18-17+,20-19+. The minimum atomic E-state index is -0.907. The van der Waals surface area contributed by atoms with E-state index in [9.17, 15) is 4.79 Å². The van der Waals surface area contributed by atoms with Crippen molar-refractivity contribution in [3.05, 3.63) is 36.5 Å². The zero-order valence-corrected chi connectivity index (χ0v) is 15.0. The molecule has 0 amide bonds. The summed E-state index contributed by atoms with van der Waals surface area (Å²) in [5.74, 6) is -0.907. The van der Waals surface area contributed by atoms with Crippen molar-refractivity contribution in [3.63, 3.8) is 0 Å². The monoisotopic (exact) mass is 320 g/mol. The normalized spacial score (nSPS) is 12.0. The van der Waals surface area contributed by atoms with Crippen LogP contribution in [0.3, 0.4) is 0 Å². The van der Waals surface area contributed by atoms with E-state index < -0.39 is 5.97 Å². The van der Waals surface area contributed by atoms with Crippen molar-refractivity contribution in [2.75, 3.05) is 0 Å². The molecule has 2 heteroatoms. The van der Waals surface area contributed by atoms with E-state index in [-0.39, 0.29) is 0 Å². The Morgan fingerprint density at radius 3 is 1.70 bits per heavy atom. The Labute approximate surface area is 143 Å². The molecule has 0 aromatic heterocycles. The number of carbonyl (C=O) groups is 1. The molecule has 1 N–H and O–H groups in total. The van der Waals surface area contributed by atoms with Crippen molar-refractivity contribution in [2.24, 2.45) is 0 Å². The molecule has 0 aromatic rings. The maximum atomic E-state index is 10.2. The number of carboxylic acid groups (broad SMARTS) is 1. The minimum absolute atomic E-state index is 0.907. The average Bonchev–Trinajstić information content (AvgIpc) is 2.53. The highest BCUT2D eigenvalue weighted by Gasteiger charge is 1.92. The Bertz CT molecular complexity index is 340. The molecule has 0 aliphatic carbocycles. The van der Waals surface area contributed by atoms with Crippen molar-refractivity contribution in [1.29, 1.82) is 0 Å². The van der Waals surface area contributed by atoms with Gasteiger partial charge in [-0.1, -0.05) is 108 Å². The van der Waals surface area contributed by atoms with E-state index in [1.54, 1.807) is 6.08 Å². The van der Waals surface area contributed by atoms with Crippen molar-refractivity contribution in [3.8, 4) is 0 Å². The summed E-state index contributed by atoms with van der Waals surface area (Å²) in [6.45, 7) is 2.27. The molecule has 23 heavy (non-hydrogen) atoms. The van der Waals surface area contributed by atoms with Gasteiger partial charge >= 0.3 is 5.97 Å². The van der Waals surface area contributed by atoms with E-state index >= 15 is 0 Å². The molecular weight excluding hydrogens is 284 g/mol. The lowest BCUT2D eigenvalue weighted by Crippen LogP contribution is -1.84. The van der Waals surface area contributed by atoms with Crippen molar-refractivity contribution < 1.29 is 9.90 Å². The first kappa shape index (κ1) is 21.7. The Kier molecular flexibility index (Phi) is 17.7. The van der Waals surface area contributed by atoms with Gasteiger partial charge in [0, 0.05) is 6.08 Å². The fourth-order valence-corrected chi connectivity index (χ4v) is 2.54. The molecule has 0 fully saturated rings. The van der Waals surface area contributed by atoms with E-state index in [0.29, 0.717) is 0 Å². The second-order valence-corrected chi connectivity index (χ2v) is 6.19. The predicted octanol–water partition coefficient (Wildman–Crippen LogP) is 6.83. The maximum Gasteiger partial charge on any atom is 0.328 e. The van der Waals surface area contributed by atoms with Gasteiger partial charge in [0.05, 0.1) is 0 Å². The van der Waals surface area contributed by atoms with Gasteiger partial charge < -0.3 is 5.11 Å². The summed E-state index contributed by atoms with van der Waals surface area (Å²) < 4.78 is 0. The predicted molar refractivity (Wildman–Crippen MR) is 101 cm³/mol. The quantitative estimate of drug-likeness (QED) is 0.192. The van der Waals surface area contributed by atoms with E-state index in [2.05, 4.69) is 13.0 Å². The number of carboxylic acids is 1. The molecule has 0 radical (unpaired) electrons. The summed E-state index contributed by atoms with van der Waals surface area (Å²) in [5, 5.41) is 8.41. The molecule has 0 atom stereocenters. The van der Waals surface area contributed by atoms with Crippen molar-refractivity contribution in [1.82, 2.24) is 0 Å². The van der Waals surface area contributed by atoms with Gasteiger partial charge in [0.1, 0.15) is 0 Å². The molecule has 0 spiro atoms. The number of hydrogen-bond donors (Lipinski definition) is 1. The molecular formula is C21H36O2. The number of allylic oxidation sites excluding steroid dienone is 5. The molecule has 0 rings (SSSR count). The number of aliphatic carboxylic acids is 1. The Morgan fingerprint density at radius 2 is 1.17 bits per heavy atom. The van der Waals surface area contributed by atoms with Crippen LogP contribution in [0, 0.1) is 0 Å². The van der Waals surface area contributed by atoms with Gasteiger partial charge in [0.25, 0.3) is 0 Å². The molecule has 0 saturated heterocycles. The first-order valence-corrected chi connectivity index (χ1v) is 9.50. The third-order valence-electron chi connectivity index (χ3n) is 3.93. The largest absolute Gasteiger partial charge is 0.478 e. The molecule has 0 unspecified atom stereocenters. The highest BCUT2D eigenvalue weighted by molar-refractivity contribution is 5.80. The van der Waals surface area contributed by atoms with Crippen LogP contribution in [-0.2, 0) is 4.79 Å². The van der Waals surface area contributed by atoms with Crippen LogP contribution in [0.25, 0.3) is 0 Å². The highest BCUT2D eigenvalue weighted by Crippen LogP contribution is 2.12. The zero-order valence-electron chi connectivity index (χ0n) is 15.0. The highest BCUT2D eigenvalue weighted by atomic mass is 16.4. The van der Waals surface area contributed by atoms with Gasteiger partial charge in [-0.3, -0.25) is 0 Å². The Morgan fingerprint density at radius 1 is 0.696 bits per heavy atom. The van der Waals surface area contributed by atoms with Gasteiger partial charge in [-0.2, -0.15) is 0 Å². The molecule has 0 heterocycles. The summed E-state index contributed by atoms with van der Waals surface area (Å²) in [6.07, 6.45) is 28.2. The van der Waals surface area contributed by atoms with Crippen LogP contribution >= 0.6 is 0 Å². The molecule has 0 bridgehead atoms. The van der Waals surface area contributed by atoms with Crippen LogP contribution in [0.2, 0.25) is 0 Å². The molecule has 0 aromatic carbocycles. The Hall–Kier alpha value is -1.31.